The number of rotatable bonds is 1. The maximum Gasteiger partial charge on any atom is 0.466 e. The second-order valence-electron chi connectivity index (χ2n) is 2.00. The zero-order valence-electron chi connectivity index (χ0n) is 7.57. The first-order valence-corrected chi connectivity index (χ1v) is 4.78. The van der Waals surface area contributed by atoms with Crippen molar-refractivity contribution in [3.8, 4) is 0 Å². The van der Waals surface area contributed by atoms with E-state index in [0.717, 1.165) is 0 Å². The molecule has 0 saturated heterocycles. The number of hydrogen-bond donors (Lipinski definition) is 7. The molecule has 0 aromatic carbocycles. The third-order valence-corrected chi connectivity index (χ3v) is 0.341. The quantitative estimate of drug-likeness (QED) is 0.241. The lowest BCUT2D eigenvalue weighted by Gasteiger charge is -1.91. The maximum atomic E-state index is 9.00. The Morgan fingerprint density at radius 2 is 1.43 bits per heavy atom. The van der Waals surface area contributed by atoms with Gasteiger partial charge in [-0.15, -0.1) is 0 Å². The number of primary amides is 2. The SMILES string of the molecule is CC(O)CN.NC(N)=O.O=P(O)(O)O. The first kappa shape index (κ1) is 19.0. The van der Waals surface area contributed by atoms with Crippen LogP contribution in [0, 0.1) is 0 Å². The third-order valence-electron chi connectivity index (χ3n) is 0.341. The summed E-state index contributed by atoms with van der Waals surface area (Å²) >= 11 is 0. The Labute approximate surface area is 80.8 Å². The van der Waals surface area contributed by atoms with Crippen molar-refractivity contribution in [1.82, 2.24) is 0 Å². The van der Waals surface area contributed by atoms with Crippen LogP contribution in [-0.2, 0) is 4.57 Å². The Balaban J connectivity index is -0.000000131. The number of phosphoric acid groups is 1. The smallest absolute Gasteiger partial charge is 0.392 e. The lowest BCUT2D eigenvalue weighted by Crippen LogP contribution is -2.18. The largest absolute Gasteiger partial charge is 0.466 e. The van der Waals surface area contributed by atoms with Crippen molar-refractivity contribution >= 4 is 13.9 Å². The Hall–Kier alpha value is -0.700. The molecule has 0 aliphatic rings. The minimum absolute atomic E-state index is 0.338. The maximum absolute atomic E-state index is 9.00. The highest BCUT2D eigenvalue weighted by atomic mass is 31.2. The van der Waals surface area contributed by atoms with Crippen LogP contribution in [0.25, 0.3) is 0 Å². The molecule has 10 heteroatoms. The van der Waals surface area contributed by atoms with Gasteiger partial charge in [-0.1, -0.05) is 0 Å². The second-order valence-corrected chi connectivity index (χ2v) is 3.03. The van der Waals surface area contributed by atoms with Crippen LogP contribution < -0.4 is 17.2 Å². The predicted octanol–water partition coefficient (Wildman–Crippen LogP) is -2.58. The van der Waals surface area contributed by atoms with Crippen molar-refractivity contribution in [2.24, 2.45) is 17.2 Å². The van der Waals surface area contributed by atoms with Crippen molar-refractivity contribution in [2.45, 2.75) is 13.0 Å². The van der Waals surface area contributed by atoms with E-state index in [1.54, 1.807) is 6.92 Å². The molecule has 10 N–H and O–H groups in total. The van der Waals surface area contributed by atoms with Crippen LogP contribution in [0.15, 0.2) is 0 Å². The molecule has 88 valence electrons. The summed E-state index contributed by atoms with van der Waals surface area (Å²) in [4.78, 5) is 30.6. The topological polar surface area (TPSA) is 193 Å². The molecule has 0 rings (SSSR count). The molecule has 2 amide bonds. The predicted molar refractivity (Wildman–Crippen MR) is 48.8 cm³/mol. The van der Waals surface area contributed by atoms with Crippen LogP contribution in [0.3, 0.4) is 0 Å². The Morgan fingerprint density at radius 1 is 1.36 bits per heavy atom. The van der Waals surface area contributed by atoms with Gasteiger partial charge in [0.05, 0.1) is 6.10 Å². The monoisotopic (exact) mass is 233 g/mol. The normalized spacial score (nSPS) is 11.3. The van der Waals surface area contributed by atoms with Crippen LogP contribution in [0.1, 0.15) is 6.92 Å². The highest BCUT2D eigenvalue weighted by Gasteiger charge is 2.00. The van der Waals surface area contributed by atoms with E-state index in [9.17, 15) is 0 Å². The van der Waals surface area contributed by atoms with E-state index in [0.29, 0.717) is 6.54 Å². The summed E-state index contributed by atoms with van der Waals surface area (Å²) in [5.41, 5.74) is 13.4. The van der Waals surface area contributed by atoms with E-state index in [4.69, 9.17) is 34.9 Å². The standard InChI is InChI=1S/C3H9NO.CH4N2O.H3O4P/c1-3(5)2-4;2-1(3)4;1-5(2,3)4/h3,5H,2,4H2,1H3;(H4,2,3,4);(H3,1,2,3,4). The second kappa shape index (κ2) is 10.4. The summed E-state index contributed by atoms with van der Waals surface area (Å²) < 4.78 is 8.88. The van der Waals surface area contributed by atoms with E-state index in [-0.39, 0.29) is 6.10 Å². The average Bonchev–Trinajstić information content (AvgIpc) is 1.82. The van der Waals surface area contributed by atoms with Gasteiger partial charge in [0.25, 0.3) is 0 Å². The number of urea groups is 1. The van der Waals surface area contributed by atoms with Crippen LogP contribution in [0.2, 0.25) is 0 Å². The summed E-state index contributed by atoms with van der Waals surface area (Å²) in [7, 11) is -4.64. The molecule has 0 radical (unpaired) electrons. The number of carbonyl (C=O) groups excluding carboxylic acids is 1. The summed E-state index contributed by atoms with van der Waals surface area (Å²) in [5.74, 6) is 0. The fourth-order valence-corrected chi connectivity index (χ4v) is 0. The van der Waals surface area contributed by atoms with E-state index in [2.05, 4.69) is 11.5 Å². The van der Waals surface area contributed by atoms with Crippen molar-refractivity contribution in [1.29, 1.82) is 0 Å². The summed E-state index contributed by atoms with van der Waals surface area (Å²) in [6.45, 7) is 2.01. The fourth-order valence-electron chi connectivity index (χ4n) is 0. The van der Waals surface area contributed by atoms with Gasteiger partial charge in [-0.3, -0.25) is 0 Å². The number of aliphatic hydroxyl groups excluding tert-OH is 1. The molecule has 14 heavy (non-hydrogen) atoms. The van der Waals surface area contributed by atoms with Gasteiger partial charge in [-0.2, -0.15) is 0 Å². The van der Waals surface area contributed by atoms with Gasteiger partial charge in [-0.25, -0.2) is 9.36 Å². The average molecular weight is 233 g/mol. The minimum Gasteiger partial charge on any atom is -0.392 e. The highest BCUT2D eigenvalue weighted by Crippen LogP contribution is 2.25. The summed E-state index contributed by atoms with van der Waals surface area (Å²) in [6, 6.07) is -0.833. The zero-order valence-corrected chi connectivity index (χ0v) is 8.46. The highest BCUT2D eigenvalue weighted by molar-refractivity contribution is 7.45. The van der Waals surface area contributed by atoms with Gasteiger partial charge >= 0.3 is 13.9 Å². The summed E-state index contributed by atoms with van der Waals surface area (Å²) in [5, 5.41) is 8.24. The number of aliphatic hydroxyl groups is 1. The molecule has 0 bridgehead atoms. The molecule has 0 aromatic heterocycles. The molecule has 0 heterocycles. The minimum atomic E-state index is -4.64. The summed E-state index contributed by atoms with van der Waals surface area (Å²) in [6.07, 6.45) is -0.338. The van der Waals surface area contributed by atoms with Gasteiger partial charge in [0.2, 0.25) is 0 Å². The molecule has 0 aliphatic carbocycles. The molecule has 1 atom stereocenters. The van der Waals surface area contributed by atoms with E-state index in [1.807, 2.05) is 0 Å². The molecule has 1 unspecified atom stereocenters. The third kappa shape index (κ3) is 709. The van der Waals surface area contributed by atoms with E-state index >= 15 is 0 Å². The number of nitrogens with two attached hydrogens (primary N) is 3. The Morgan fingerprint density at radius 3 is 1.43 bits per heavy atom. The Bertz CT molecular complexity index is 168. The van der Waals surface area contributed by atoms with Crippen molar-refractivity contribution < 1.29 is 29.1 Å². The Kier molecular flexibility index (Phi) is 14.1. The fraction of sp³-hybridized carbons (Fsp3) is 0.750. The van der Waals surface area contributed by atoms with Crippen molar-refractivity contribution in [2.75, 3.05) is 6.54 Å². The molecular weight excluding hydrogens is 217 g/mol. The molecule has 0 spiro atoms. The van der Waals surface area contributed by atoms with Gasteiger partial charge in [0.1, 0.15) is 0 Å². The number of carbonyl (C=O) groups is 1. The molecule has 0 aromatic rings. The molecule has 9 nitrogen and oxygen atoms in total. The lowest BCUT2D eigenvalue weighted by molar-refractivity contribution is 0.203. The van der Waals surface area contributed by atoms with E-state index < -0.39 is 13.9 Å². The molecule has 0 aliphatic heterocycles. The lowest BCUT2D eigenvalue weighted by atomic mass is 10.4. The number of hydrogen-bond acceptors (Lipinski definition) is 4. The van der Waals surface area contributed by atoms with E-state index in [1.165, 1.54) is 0 Å². The first-order valence-electron chi connectivity index (χ1n) is 3.22. The van der Waals surface area contributed by atoms with Crippen LogP contribution in [-0.4, -0.2) is 38.5 Å². The first-order chi connectivity index (χ1) is 6.00. The molecule has 0 saturated carbocycles. The molecular formula is C4H16N3O6P. The van der Waals surface area contributed by atoms with Crippen LogP contribution in [0.5, 0.6) is 0 Å². The zero-order chi connectivity index (χ0) is 12.4. The van der Waals surface area contributed by atoms with Gasteiger partial charge in [-0.05, 0) is 6.92 Å². The van der Waals surface area contributed by atoms with Gasteiger partial charge in [0, 0.05) is 6.54 Å². The van der Waals surface area contributed by atoms with Gasteiger partial charge in [0.15, 0.2) is 0 Å². The number of amides is 2. The van der Waals surface area contributed by atoms with Crippen molar-refractivity contribution in [3.63, 3.8) is 0 Å². The molecule has 0 fully saturated rings. The van der Waals surface area contributed by atoms with Crippen LogP contribution >= 0.6 is 7.82 Å². The van der Waals surface area contributed by atoms with Crippen LogP contribution in [0.4, 0.5) is 4.79 Å². The van der Waals surface area contributed by atoms with Gasteiger partial charge < -0.3 is 37.0 Å². The van der Waals surface area contributed by atoms with Crippen molar-refractivity contribution in [3.05, 3.63) is 0 Å².